The smallest absolute Gasteiger partial charge is 0.199 e. The molecule has 0 aliphatic heterocycles. The Bertz CT molecular complexity index is 713. The van der Waals surface area contributed by atoms with Gasteiger partial charge in [0.2, 0.25) is 0 Å². The third-order valence-corrected chi connectivity index (χ3v) is 3.74. The predicted octanol–water partition coefficient (Wildman–Crippen LogP) is 3.77. The van der Waals surface area contributed by atoms with Crippen LogP contribution in [0.3, 0.4) is 0 Å². The molecule has 2 rings (SSSR count). The lowest BCUT2D eigenvalue weighted by Crippen LogP contribution is -2.27. The molecule has 0 spiro atoms. The Morgan fingerprint density at radius 1 is 1.08 bits per heavy atom. The van der Waals surface area contributed by atoms with E-state index in [4.69, 9.17) is 12.2 Å². The van der Waals surface area contributed by atoms with Gasteiger partial charge in [-0.25, -0.2) is 4.58 Å². The maximum absolute atomic E-state index is 5.17. The number of thiocarbonyl (C=S) groups is 1. The summed E-state index contributed by atoms with van der Waals surface area (Å²) in [6.45, 7) is 2.84. The van der Waals surface area contributed by atoms with Gasteiger partial charge >= 0.3 is 0 Å². The second-order valence-electron chi connectivity index (χ2n) is 5.62. The Kier molecular flexibility index (Phi) is 6.70. The number of hydrogen-bond acceptors (Lipinski definition) is 1. The Morgan fingerprint density at radius 3 is 2.33 bits per heavy atom. The van der Waals surface area contributed by atoms with Crippen molar-refractivity contribution < 1.29 is 4.58 Å². The van der Waals surface area contributed by atoms with Gasteiger partial charge in [-0.3, -0.25) is 0 Å². The van der Waals surface area contributed by atoms with Crippen molar-refractivity contribution >= 4 is 34.8 Å². The van der Waals surface area contributed by atoms with Gasteiger partial charge in [0.15, 0.2) is 10.8 Å². The lowest BCUT2D eigenvalue weighted by Gasteiger charge is -2.08. The number of benzene rings is 1. The maximum Gasteiger partial charge on any atom is 0.199 e. The summed E-state index contributed by atoms with van der Waals surface area (Å²) in [5.41, 5.74) is 4.53. The van der Waals surface area contributed by atoms with E-state index >= 15 is 0 Å². The van der Waals surface area contributed by atoms with E-state index in [0.29, 0.717) is 5.11 Å². The average Bonchev–Trinajstić information content (AvgIpc) is 2.57. The number of anilines is 1. The number of hydrogen-bond donors (Lipinski definition) is 2. The molecule has 124 valence electrons. The summed E-state index contributed by atoms with van der Waals surface area (Å²) >= 11 is 5.17. The summed E-state index contributed by atoms with van der Waals surface area (Å²) < 4.78 is 2.09. The molecule has 0 radical (unpaired) electrons. The van der Waals surface area contributed by atoms with Gasteiger partial charge in [-0.2, -0.15) is 0 Å². The lowest BCUT2D eigenvalue weighted by atomic mass is 10.1. The van der Waals surface area contributed by atoms with E-state index in [1.807, 2.05) is 33.2 Å². The lowest BCUT2D eigenvalue weighted by molar-refractivity contribution is -0.462. The van der Waals surface area contributed by atoms with Crippen molar-refractivity contribution in [2.45, 2.75) is 6.92 Å². The van der Waals surface area contributed by atoms with E-state index in [1.54, 1.807) is 0 Å². The average molecular weight is 339 g/mol. The van der Waals surface area contributed by atoms with Gasteiger partial charge in [0.25, 0.3) is 0 Å². The van der Waals surface area contributed by atoms with Gasteiger partial charge in [-0.1, -0.05) is 30.4 Å². The van der Waals surface area contributed by atoms with Crippen LogP contribution in [0.5, 0.6) is 0 Å². The van der Waals surface area contributed by atoms with Gasteiger partial charge in [0.05, 0.1) is 0 Å². The maximum atomic E-state index is 5.17. The second kappa shape index (κ2) is 8.99. The standard InChI is InChI=1S/C20H23N3S/c1-4-21-20(24)22-18-12-8-16(9-13-18)6-5-7-17-10-14-19(15-11-17)23(2)3/h5-15H,4H2,1-3H3,(H,21,24)/p+1. The molecular formula is C20H24N3S+. The predicted molar refractivity (Wildman–Crippen MR) is 109 cm³/mol. The van der Waals surface area contributed by atoms with Crippen LogP contribution >= 0.6 is 12.2 Å². The van der Waals surface area contributed by atoms with Crippen molar-refractivity contribution in [3.05, 3.63) is 71.9 Å². The van der Waals surface area contributed by atoms with Crippen LogP contribution in [0.1, 0.15) is 12.5 Å². The highest BCUT2D eigenvalue weighted by atomic mass is 32.1. The third-order valence-electron chi connectivity index (χ3n) is 3.49. The highest BCUT2D eigenvalue weighted by molar-refractivity contribution is 7.80. The zero-order chi connectivity index (χ0) is 17.4. The molecule has 0 atom stereocenters. The van der Waals surface area contributed by atoms with Crippen LogP contribution in [0.25, 0.3) is 6.08 Å². The summed E-state index contributed by atoms with van der Waals surface area (Å²) in [6.07, 6.45) is 14.7. The molecule has 0 saturated heterocycles. The van der Waals surface area contributed by atoms with Gasteiger partial charge in [0, 0.05) is 24.4 Å². The van der Waals surface area contributed by atoms with Crippen LogP contribution in [0.15, 0.2) is 66.3 Å². The van der Waals surface area contributed by atoms with E-state index < -0.39 is 0 Å². The highest BCUT2D eigenvalue weighted by Crippen LogP contribution is 2.12. The van der Waals surface area contributed by atoms with E-state index in [-0.39, 0.29) is 0 Å². The summed E-state index contributed by atoms with van der Waals surface area (Å²) in [5, 5.41) is 6.87. The van der Waals surface area contributed by atoms with Crippen LogP contribution in [0.4, 0.5) is 5.69 Å². The molecule has 1 aromatic rings. The monoisotopic (exact) mass is 338 g/mol. The molecule has 2 N–H and O–H groups in total. The Morgan fingerprint density at radius 2 is 1.75 bits per heavy atom. The number of rotatable bonds is 4. The molecule has 24 heavy (non-hydrogen) atoms. The number of allylic oxidation sites excluding steroid dienone is 7. The van der Waals surface area contributed by atoms with Crippen molar-refractivity contribution in [3.63, 3.8) is 0 Å². The number of nitrogens with one attached hydrogen (secondary N) is 2. The molecule has 0 saturated carbocycles. The van der Waals surface area contributed by atoms with Crippen molar-refractivity contribution in [2.75, 3.05) is 26.0 Å². The van der Waals surface area contributed by atoms with E-state index in [0.717, 1.165) is 17.8 Å². The molecule has 1 aliphatic carbocycles. The molecule has 0 amide bonds. The van der Waals surface area contributed by atoms with E-state index in [2.05, 4.69) is 69.9 Å². The fourth-order valence-electron chi connectivity index (χ4n) is 2.17. The zero-order valence-corrected chi connectivity index (χ0v) is 15.2. The van der Waals surface area contributed by atoms with Crippen molar-refractivity contribution in [2.24, 2.45) is 0 Å². The second-order valence-corrected chi connectivity index (χ2v) is 6.03. The van der Waals surface area contributed by atoms with Crippen molar-refractivity contribution in [1.82, 2.24) is 5.32 Å². The zero-order valence-electron chi connectivity index (χ0n) is 14.4. The summed E-state index contributed by atoms with van der Waals surface area (Å²) in [4.78, 5) is 0. The SMILES string of the molecule is CCNC(=S)Nc1ccc(C=CC=C2C=CC(=[N+](C)C)C=C2)cc1. The summed E-state index contributed by atoms with van der Waals surface area (Å²) in [7, 11) is 4.09. The Hall–Kier alpha value is -2.46. The molecule has 0 aromatic heterocycles. The van der Waals surface area contributed by atoms with Gasteiger partial charge in [-0.15, -0.1) is 0 Å². The Balaban J connectivity index is 1.95. The fraction of sp³-hybridized carbons (Fsp3) is 0.200. The van der Waals surface area contributed by atoms with Crippen LogP contribution in [-0.2, 0) is 0 Å². The van der Waals surface area contributed by atoms with Crippen LogP contribution in [0.2, 0.25) is 0 Å². The fourth-order valence-corrected chi connectivity index (χ4v) is 2.43. The largest absolute Gasteiger partial charge is 0.363 e. The summed E-state index contributed by atoms with van der Waals surface area (Å²) in [6, 6.07) is 8.18. The molecule has 0 fully saturated rings. The normalized spacial score (nSPS) is 13.3. The van der Waals surface area contributed by atoms with Crippen LogP contribution < -0.4 is 10.6 Å². The molecular weight excluding hydrogens is 314 g/mol. The first-order valence-corrected chi connectivity index (χ1v) is 8.43. The van der Waals surface area contributed by atoms with Crippen LogP contribution in [-0.4, -0.2) is 36.0 Å². The molecule has 3 nitrogen and oxygen atoms in total. The van der Waals surface area contributed by atoms with Crippen molar-refractivity contribution in [1.29, 1.82) is 0 Å². The highest BCUT2D eigenvalue weighted by Gasteiger charge is 2.02. The first-order valence-electron chi connectivity index (χ1n) is 8.02. The minimum atomic E-state index is 0.648. The van der Waals surface area contributed by atoms with E-state index in [9.17, 15) is 0 Å². The first-order chi connectivity index (χ1) is 11.6. The molecule has 1 aromatic carbocycles. The van der Waals surface area contributed by atoms with Gasteiger partial charge in [-0.05, 0) is 54.6 Å². The van der Waals surface area contributed by atoms with E-state index in [1.165, 1.54) is 11.3 Å². The number of nitrogens with zero attached hydrogens (tertiary/aromatic N) is 1. The molecule has 0 unspecified atom stereocenters. The molecule has 4 heteroatoms. The van der Waals surface area contributed by atoms with Gasteiger partial charge < -0.3 is 10.6 Å². The first kappa shape index (κ1) is 17.9. The topological polar surface area (TPSA) is 27.1 Å². The van der Waals surface area contributed by atoms with Crippen LogP contribution in [0, 0.1) is 0 Å². The quantitative estimate of drug-likeness (QED) is 0.646. The molecule has 0 bridgehead atoms. The molecule has 0 heterocycles. The third kappa shape index (κ3) is 5.63. The van der Waals surface area contributed by atoms with Crippen molar-refractivity contribution in [3.8, 4) is 0 Å². The minimum Gasteiger partial charge on any atom is -0.363 e. The van der Waals surface area contributed by atoms with Gasteiger partial charge in [0.1, 0.15) is 14.1 Å². The molecule has 1 aliphatic rings. The summed E-state index contributed by atoms with van der Waals surface area (Å²) in [5.74, 6) is 0. The minimum absolute atomic E-state index is 0.648. The Labute approximate surface area is 149 Å².